The van der Waals surface area contributed by atoms with Gasteiger partial charge in [-0.25, -0.2) is 18.6 Å². The summed E-state index contributed by atoms with van der Waals surface area (Å²) in [5.74, 6) is -1.22. The predicted octanol–water partition coefficient (Wildman–Crippen LogP) is 2.31. The number of halogens is 2. The van der Waals surface area contributed by atoms with E-state index in [1.807, 2.05) is 0 Å². The number of carbonyl (C=O) groups excluding carboxylic acids is 1. The molecule has 28 heavy (non-hydrogen) atoms. The third-order valence-electron chi connectivity index (χ3n) is 3.97. The Balaban J connectivity index is 1.99. The fraction of sp³-hybridized carbons (Fsp3) is 0.235. The molecule has 0 bridgehead atoms. The fourth-order valence-electron chi connectivity index (χ4n) is 2.64. The average Bonchev–Trinajstić information content (AvgIpc) is 3.07. The van der Waals surface area contributed by atoms with Gasteiger partial charge in [0, 0.05) is 18.8 Å². The highest BCUT2D eigenvalue weighted by atomic mass is 19.1. The molecule has 0 saturated heterocycles. The van der Waals surface area contributed by atoms with Crippen molar-refractivity contribution in [1.29, 1.82) is 0 Å². The average molecular weight is 389 g/mol. The van der Waals surface area contributed by atoms with Gasteiger partial charge in [0.1, 0.15) is 11.6 Å². The van der Waals surface area contributed by atoms with Gasteiger partial charge in [0.25, 0.3) is 0 Å². The van der Waals surface area contributed by atoms with Gasteiger partial charge in [0.2, 0.25) is 5.82 Å². The number of urea groups is 1. The third kappa shape index (κ3) is 3.78. The number of benzene rings is 1. The number of carbonyl (C=O) groups is 1. The highest BCUT2D eigenvalue weighted by Crippen LogP contribution is 2.32. The second-order valence-corrected chi connectivity index (χ2v) is 6.05. The number of aryl methyl sites for hydroxylation is 1. The van der Waals surface area contributed by atoms with E-state index < -0.39 is 23.7 Å². The minimum Gasteiger partial charge on any atom is -0.328 e. The second-order valence-electron chi connectivity index (χ2n) is 6.05. The topological polar surface area (TPSA) is 109 Å². The number of hydrogen-bond donors (Lipinski definition) is 2. The number of aromatic nitrogens is 5. The van der Waals surface area contributed by atoms with Crippen molar-refractivity contribution in [2.75, 3.05) is 7.05 Å². The van der Waals surface area contributed by atoms with Crippen molar-refractivity contribution < 1.29 is 18.8 Å². The molecule has 3 aromatic rings. The molecule has 2 heterocycles. The Hall–Kier alpha value is -3.47. The molecule has 0 radical (unpaired) electrons. The van der Waals surface area contributed by atoms with Crippen LogP contribution in [0.4, 0.5) is 13.6 Å². The number of hydroxylamine groups is 2. The van der Waals surface area contributed by atoms with Crippen molar-refractivity contribution in [3.63, 3.8) is 0 Å². The molecule has 9 nitrogen and oxygen atoms in total. The minimum absolute atomic E-state index is 0.0328. The molecular weight excluding hydrogens is 372 g/mol. The first kappa shape index (κ1) is 19.3. The van der Waals surface area contributed by atoms with E-state index in [9.17, 15) is 13.6 Å². The zero-order valence-corrected chi connectivity index (χ0v) is 15.3. The van der Waals surface area contributed by atoms with Crippen LogP contribution in [0.5, 0.6) is 0 Å². The largest absolute Gasteiger partial charge is 0.341 e. The monoisotopic (exact) mass is 389 g/mol. The maximum atomic E-state index is 14.6. The van der Waals surface area contributed by atoms with Gasteiger partial charge in [0.15, 0.2) is 0 Å². The molecule has 2 amide bonds. The Labute approximate surface area is 158 Å². The van der Waals surface area contributed by atoms with E-state index in [4.69, 9.17) is 5.21 Å². The summed E-state index contributed by atoms with van der Waals surface area (Å²) in [5.41, 5.74) is 0.695. The summed E-state index contributed by atoms with van der Waals surface area (Å²) in [4.78, 5) is 16.8. The lowest BCUT2D eigenvalue weighted by molar-refractivity contribution is -0.0193. The van der Waals surface area contributed by atoms with Gasteiger partial charge < -0.3 is 5.32 Å². The fourth-order valence-corrected chi connectivity index (χ4v) is 2.64. The Morgan fingerprint density at radius 2 is 2.07 bits per heavy atom. The summed E-state index contributed by atoms with van der Waals surface area (Å²) in [7, 11) is 2.69. The number of rotatable bonds is 4. The lowest BCUT2D eigenvalue weighted by Gasteiger charge is -2.17. The van der Waals surface area contributed by atoms with Crippen LogP contribution in [-0.4, -0.2) is 48.5 Å². The summed E-state index contributed by atoms with van der Waals surface area (Å²) >= 11 is 0. The van der Waals surface area contributed by atoms with E-state index in [1.54, 1.807) is 13.1 Å². The van der Waals surface area contributed by atoms with Gasteiger partial charge in [-0.2, -0.15) is 4.80 Å². The molecule has 2 N–H and O–H groups in total. The summed E-state index contributed by atoms with van der Waals surface area (Å²) in [6, 6.07) is 3.90. The van der Waals surface area contributed by atoms with Crippen LogP contribution in [0, 0.1) is 11.6 Å². The molecule has 0 fully saturated rings. The molecule has 0 aliphatic carbocycles. The van der Waals surface area contributed by atoms with Gasteiger partial charge in [-0.05, 0) is 29.8 Å². The Morgan fingerprint density at radius 3 is 2.68 bits per heavy atom. The number of amides is 2. The molecule has 0 unspecified atom stereocenters. The zero-order valence-electron chi connectivity index (χ0n) is 15.3. The van der Waals surface area contributed by atoms with Crippen molar-refractivity contribution in [1.82, 2.24) is 35.6 Å². The smallest absolute Gasteiger partial charge is 0.328 e. The van der Waals surface area contributed by atoms with Crippen LogP contribution in [-0.2, 0) is 7.05 Å². The molecule has 146 valence electrons. The van der Waals surface area contributed by atoms with E-state index in [0.29, 0.717) is 16.2 Å². The summed E-state index contributed by atoms with van der Waals surface area (Å²) in [6.07, 6.45) is 1.36. The third-order valence-corrected chi connectivity index (χ3v) is 3.97. The van der Waals surface area contributed by atoms with Gasteiger partial charge >= 0.3 is 6.03 Å². The number of tetrazole rings is 1. The lowest BCUT2D eigenvalue weighted by Crippen LogP contribution is -2.37. The molecule has 0 aliphatic heterocycles. The van der Waals surface area contributed by atoms with Crippen LogP contribution in [0.25, 0.3) is 22.5 Å². The van der Waals surface area contributed by atoms with E-state index in [2.05, 4.69) is 25.7 Å². The van der Waals surface area contributed by atoms with Crippen LogP contribution in [0.15, 0.2) is 30.5 Å². The molecule has 3 rings (SSSR count). The Bertz CT molecular complexity index is 1020. The standard InChI is InChI=1S/C17H17F2N7O2/c1-9(21-17(27)25(2)28)15-13(19)7-10(8-20-15)11-5-4-6-12(18)14(11)16-22-24-26(3)23-16/h4-9,28H,1-3H3,(H,21,27)/t9-/m1/s1. The van der Waals surface area contributed by atoms with E-state index in [-0.39, 0.29) is 17.1 Å². The maximum absolute atomic E-state index is 14.6. The van der Waals surface area contributed by atoms with Crippen molar-refractivity contribution in [3.05, 3.63) is 47.8 Å². The van der Waals surface area contributed by atoms with Gasteiger partial charge in [-0.1, -0.05) is 12.1 Å². The second kappa shape index (κ2) is 7.64. The van der Waals surface area contributed by atoms with Gasteiger partial charge in [0.05, 0.1) is 24.3 Å². The molecule has 0 aliphatic rings. The van der Waals surface area contributed by atoms with Crippen molar-refractivity contribution in [3.8, 4) is 22.5 Å². The quantitative estimate of drug-likeness (QED) is 0.524. The van der Waals surface area contributed by atoms with Crippen LogP contribution < -0.4 is 5.32 Å². The van der Waals surface area contributed by atoms with Gasteiger partial charge in [-0.3, -0.25) is 10.2 Å². The summed E-state index contributed by atoms with van der Waals surface area (Å²) in [6.45, 7) is 1.52. The Kier molecular flexibility index (Phi) is 5.27. The number of pyridine rings is 1. The molecule has 11 heteroatoms. The van der Waals surface area contributed by atoms with Crippen LogP contribution in [0.2, 0.25) is 0 Å². The first-order valence-corrected chi connectivity index (χ1v) is 8.19. The first-order chi connectivity index (χ1) is 13.3. The van der Waals surface area contributed by atoms with E-state index in [1.165, 1.54) is 36.1 Å². The molecule has 1 aromatic carbocycles. The van der Waals surface area contributed by atoms with Crippen LogP contribution >= 0.6 is 0 Å². The maximum Gasteiger partial charge on any atom is 0.341 e. The molecular formula is C17H17F2N7O2. The van der Waals surface area contributed by atoms with E-state index in [0.717, 1.165) is 7.05 Å². The Morgan fingerprint density at radius 1 is 1.32 bits per heavy atom. The SMILES string of the molecule is C[C@@H](NC(=O)N(C)O)c1ncc(-c2cccc(F)c2-c2nnn(C)n2)cc1F. The highest BCUT2D eigenvalue weighted by Gasteiger charge is 2.21. The highest BCUT2D eigenvalue weighted by molar-refractivity contribution is 5.80. The number of nitrogens with zero attached hydrogens (tertiary/aromatic N) is 6. The molecule has 2 aromatic heterocycles. The number of nitrogens with one attached hydrogen (secondary N) is 1. The van der Waals surface area contributed by atoms with E-state index >= 15 is 0 Å². The predicted molar refractivity (Wildman–Crippen MR) is 93.9 cm³/mol. The normalized spacial score (nSPS) is 11.9. The lowest BCUT2D eigenvalue weighted by atomic mass is 9.99. The molecule has 1 atom stereocenters. The van der Waals surface area contributed by atoms with Crippen molar-refractivity contribution >= 4 is 6.03 Å². The van der Waals surface area contributed by atoms with Crippen molar-refractivity contribution in [2.45, 2.75) is 13.0 Å². The van der Waals surface area contributed by atoms with Crippen LogP contribution in [0.3, 0.4) is 0 Å². The first-order valence-electron chi connectivity index (χ1n) is 8.19. The summed E-state index contributed by atoms with van der Waals surface area (Å²) < 4.78 is 29.1. The minimum atomic E-state index is -0.807. The summed E-state index contributed by atoms with van der Waals surface area (Å²) in [5, 5.41) is 23.4. The van der Waals surface area contributed by atoms with Crippen molar-refractivity contribution in [2.24, 2.45) is 7.05 Å². The zero-order chi connectivity index (χ0) is 20.4. The van der Waals surface area contributed by atoms with Gasteiger partial charge in [-0.15, -0.1) is 10.2 Å². The van der Waals surface area contributed by atoms with Crippen LogP contribution in [0.1, 0.15) is 18.7 Å². The molecule has 0 spiro atoms. The number of hydrogen-bond acceptors (Lipinski definition) is 6. The molecule has 0 saturated carbocycles.